The van der Waals surface area contributed by atoms with Crippen molar-refractivity contribution in [1.29, 1.82) is 0 Å². The molecule has 2 nitrogen and oxygen atoms in total. The fourth-order valence-electron chi connectivity index (χ4n) is 1.99. The molecule has 0 saturated carbocycles. The summed E-state index contributed by atoms with van der Waals surface area (Å²) in [6.07, 6.45) is 0. The van der Waals surface area contributed by atoms with E-state index in [-0.39, 0.29) is 6.04 Å². The number of hydrogen-bond acceptors (Lipinski definition) is 4. The molecule has 0 aliphatic heterocycles. The minimum absolute atomic E-state index is 0.0374. The van der Waals surface area contributed by atoms with Crippen molar-refractivity contribution in [2.45, 2.75) is 36.4 Å². The van der Waals surface area contributed by atoms with E-state index in [9.17, 15) is 0 Å². The standard InChI is InChI=1S/C15H20N2S2/c1-10(2)14(19-15-17-11(3)9-18-15)13(16)12-7-5-4-6-8-12/h4-10,13-14H,16H2,1-3H3. The lowest BCUT2D eigenvalue weighted by Crippen LogP contribution is -2.28. The van der Waals surface area contributed by atoms with Gasteiger partial charge in [0.1, 0.15) is 4.34 Å². The van der Waals surface area contributed by atoms with Crippen molar-refractivity contribution in [2.75, 3.05) is 0 Å². The van der Waals surface area contributed by atoms with E-state index in [1.165, 1.54) is 5.56 Å². The Morgan fingerprint density at radius 2 is 1.89 bits per heavy atom. The van der Waals surface area contributed by atoms with Crippen LogP contribution in [0.2, 0.25) is 0 Å². The molecule has 2 N–H and O–H groups in total. The predicted molar refractivity (Wildman–Crippen MR) is 84.7 cm³/mol. The molecular weight excluding hydrogens is 272 g/mol. The second kappa shape index (κ2) is 6.55. The monoisotopic (exact) mass is 292 g/mol. The topological polar surface area (TPSA) is 38.9 Å². The minimum Gasteiger partial charge on any atom is -0.323 e. The molecule has 1 aromatic carbocycles. The van der Waals surface area contributed by atoms with Crippen LogP contribution < -0.4 is 5.73 Å². The van der Waals surface area contributed by atoms with Gasteiger partial charge in [-0.2, -0.15) is 0 Å². The van der Waals surface area contributed by atoms with Crippen molar-refractivity contribution in [3.63, 3.8) is 0 Å². The van der Waals surface area contributed by atoms with Crippen molar-refractivity contribution in [2.24, 2.45) is 11.7 Å². The smallest absolute Gasteiger partial charge is 0.150 e. The number of aromatic nitrogens is 1. The number of thiazole rings is 1. The van der Waals surface area contributed by atoms with E-state index in [1.54, 1.807) is 23.1 Å². The number of thioether (sulfide) groups is 1. The second-order valence-electron chi connectivity index (χ2n) is 5.02. The van der Waals surface area contributed by atoms with Crippen LogP contribution in [0.3, 0.4) is 0 Å². The number of aryl methyl sites for hydroxylation is 1. The molecule has 102 valence electrons. The van der Waals surface area contributed by atoms with E-state index >= 15 is 0 Å². The third kappa shape index (κ3) is 3.81. The Morgan fingerprint density at radius 1 is 1.21 bits per heavy atom. The molecule has 0 spiro atoms. The average molecular weight is 292 g/mol. The first-order valence-electron chi connectivity index (χ1n) is 6.47. The summed E-state index contributed by atoms with van der Waals surface area (Å²) in [6, 6.07) is 10.4. The van der Waals surface area contributed by atoms with Gasteiger partial charge in [0.05, 0.1) is 0 Å². The van der Waals surface area contributed by atoms with Gasteiger partial charge in [-0.1, -0.05) is 55.9 Å². The quantitative estimate of drug-likeness (QED) is 0.837. The molecule has 2 unspecified atom stereocenters. The molecular formula is C15H20N2S2. The van der Waals surface area contributed by atoms with Gasteiger partial charge >= 0.3 is 0 Å². The van der Waals surface area contributed by atoms with Crippen molar-refractivity contribution in [3.8, 4) is 0 Å². The lowest BCUT2D eigenvalue weighted by molar-refractivity contribution is 0.527. The van der Waals surface area contributed by atoms with Crippen molar-refractivity contribution in [1.82, 2.24) is 4.98 Å². The van der Waals surface area contributed by atoms with Crippen molar-refractivity contribution in [3.05, 3.63) is 47.0 Å². The molecule has 4 heteroatoms. The van der Waals surface area contributed by atoms with E-state index < -0.39 is 0 Å². The van der Waals surface area contributed by atoms with Gasteiger partial charge in [0.15, 0.2) is 0 Å². The Bertz CT molecular complexity index is 508. The number of benzene rings is 1. The van der Waals surface area contributed by atoms with Crippen LogP contribution in [-0.2, 0) is 0 Å². The van der Waals surface area contributed by atoms with Gasteiger partial charge in [0.25, 0.3) is 0 Å². The zero-order chi connectivity index (χ0) is 13.8. The highest BCUT2D eigenvalue weighted by atomic mass is 32.2. The van der Waals surface area contributed by atoms with Crippen LogP contribution in [-0.4, -0.2) is 10.2 Å². The molecule has 0 aliphatic rings. The lowest BCUT2D eigenvalue weighted by atomic mass is 9.97. The number of rotatable bonds is 5. The predicted octanol–water partition coefficient (Wildman–Crippen LogP) is 4.27. The lowest BCUT2D eigenvalue weighted by Gasteiger charge is -2.26. The van der Waals surface area contributed by atoms with Crippen LogP contribution in [0.4, 0.5) is 0 Å². The third-order valence-corrected chi connectivity index (χ3v) is 5.76. The van der Waals surface area contributed by atoms with Gasteiger partial charge in [0, 0.05) is 22.4 Å². The molecule has 2 atom stereocenters. The number of nitrogens with zero attached hydrogens (tertiary/aromatic N) is 1. The molecule has 0 saturated heterocycles. The summed E-state index contributed by atoms with van der Waals surface area (Å²) < 4.78 is 1.11. The summed E-state index contributed by atoms with van der Waals surface area (Å²) in [5.74, 6) is 0.504. The van der Waals surface area contributed by atoms with E-state index in [4.69, 9.17) is 5.73 Å². The normalized spacial score (nSPS) is 14.6. The minimum atomic E-state index is 0.0374. The van der Waals surface area contributed by atoms with Gasteiger partial charge in [-0.3, -0.25) is 0 Å². The van der Waals surface area contributed by atoms with Crippen molar-refractivity contribution >= 4 is 23.1 Å². The fraction of sp³-hybridized carbons (Fsp3) is 0.400. The Kier molecular flexibility index (Phi) is 5.02. The Morgan fingerprint density at radius 3 is 2.42 bits per heavy atom. The van der Waals surface area contributed by atoms with E-state index in [0.717, 1.165) is 10.0 Å². The number of nitrogens with two attached hydrogens (primary N) is 1. The van der Waals surface area contributed by atoms with Crippen LogP contribution in [0.15, 0.2) is 40.1 Å². The van der Waals surface area contributed by atoms with Gasteiger partial charge in [-0.15, -0.1) is 11.3 Å². The number of hydrogen-bond donors (Lipinski definition) is 1. The maximum absolute atomic E-state index is 6.45. The van der Waals surface area contributed by atoms with Crippen LogP contribution in [0.1, 0.15) is 31.1 Å². The molecule has 0 radical (unpaired) electrons. The Labute approximate surface area is 123 Å². The highest BCUT2D eigenvalue weighted by Gasteiger charge is 2.24. The summed E-state index contributed by atoms with van der Waals surface area (Å²) in [5.41, 5.74) is 8.73. The average Bonchev–Trinajstić information content (AvgIpc) is 2.81. The van der Waals surface area contributed by atoms with Gasteiger partial charge in [-0.25, -0.2) is 4.98 Å². The maximum Gasteiger partial charge on any atom is 0.150 e. The molecule has 1 aromatic heterocycles. The SMILES string of the molecule is Cc1csc(SC(C(C)C)C(N)c2ccccc2)n1. The van der Waals surface area contributed by atoms with E-state index in [0.29, 0.717) is 11.2 Å². The van der Waals surface area contributed by atoms with Crippen LogP contribution >= 0.6 is 23.1 Å². The second-order valence-corrected chi connectivity index (χ2v) is 7.30. The first-order chi connectivity index (χ1) is 9.08. The third-order valence-electron chi connectivity index (χ3n) is 3.03. The summed E-state index contributed by atoms with van der Waals surface area (Å²) >= 11 is 3.51. The highest BCUT2D eigenvalue weighted by molar-refractivity contribution is 8.01. The Hall–Kier alpha value is -0.840. The van der Waals surface area contributed by atoms with E-state index in [1.807, 2.05) is 25.1 Å². The van der Waals surface area contributed by atoms with E-state index in [2.05, 4.69) is 36.3 Å². The summed E-state index contributed by atoms with van der Waals surface area (Å²) in [4.78, 5) is 4.53. The first-order valence-corrected chi connectivity index (χ1v) is 8.23. The maximum atomic E-state index is 6.45. The molecule has 2 rings (SSSR count). The highest BCUT2D eigenvalue weighted by Crippen LogP contribution is 2.36. The zero-order valence-corrected chi connectivity index (χ0v) is 13.2. The molecule has 0 bridgehead atoms. The Balaban J connectivity index is 2.16. The molecule has 19 heavy (non-hydrogen) atoms. The molecule has 0 amide bonds. The van der Waals surface area contributed by atoms with Gasteiger partial charge < -0.3 is 5.73 Å². The first kappa shape index (κ1) is 14.6. The molecule has 2 aromatic rings. The molecule has 0 aliphatic carbocycles. The largest absolute Gasteiger partial charge is 0.323 e. The summed E-state index contributed by atoms with van der Waals surface area (Å²) in [5, 5.41) is 2.43. The van der Waals surface area contributed by atoms with Gasteiger partial charge in [0.2, 0.25) is 0 Å². The van der Waals surface area contributed by atoms with Crippen LogP contribution in [0, 0.1) is 12.8 Å². The summed E-state index contributed by atoms with van der Waals surface area (Å²) in [7, 11) is 0. The fourth-order valence-corrected chi connectivity index (χ4v) is 4.22. The summed E-state index contributed by atoms with van der Waals surface area (Å²) in [6.45, 7) is 6.48. The van der Waals surface area contributed by atoms with Crippen molar-refractivity contribution < 1.29 is 0 Å². The zero-order valence-electron chi connectivity index (χ0n) is 11.5. The van der Waals surface area contributed by atoms with Crippen LogP contribution in [0.25, 0.3) is 0 Å². The molecule has 0 fully saturated rings. The van der Waals surface area contributed by atoms with Gasteiger partial charge in [-0.05, 0) is 18.4 Å². The molecule has 1 heterocycles. The van der Waals surface area contributed by atoms with Crippen LogP contribution in [0.5, 0.6) is 0 Å².